The molecule has 0 spiro atoms. The zero-order valence-corrected chi connectivity index (χ0v) is 18.9. The van der Waals surface area contributed by atoms with Crippen LogP contribution in [-0.4, -0.2) is 16.1 Å². The quantitative estimate of drug-likeness (QED) is 0.361. The summed E-state index contributed by atoms with van der Waals surface area (Å²) in [4.78, 5) is 15.5. The first-order valence-electron chi connectivity index (χ1n) is 11.1. The number of nitrogens with two attached hydrogens (primary N) is 1. The number of aromatic nitrogens is 1. The highest BCUT2D eigenvalue weighted by molar-refractivity contribution is 5.93. The van der Waals surface area contributed by atoms with Gasteiger partial charge in [-0.15, -0.1) is 0 Å². The molecule has 0 amide bonds. The van der Waals surface area contributed by atoms with Crippen LogP contribution < -0.4 is 10.5 Å². The molecule has 0 unspecified atom stereocenters. The maximum Gasteiger partial charge on any atom is 0.307 e. The van der Waals surface area contributed by atoms with Crippen LogP contribution in [0.1, 0.15) is 36.4 Å². The number of carbonyl (C=O) groups is 1. The number of hydrogen-bond acceptors (Lipinski definition) is 5. The van der Waals surface area contributed by atoms with Crippen LogP contribution in [0.15, 0.2) is 65.2 Å². The summed E-state index contributed by atoms with van der Waals surface area (Å²) in [6.07, 6.45) is 2.53. The van der Waals surface area contributed by atoms with Crippen LogP contribution in [0.5, 0.6) is 5.75 Å². The van der Waals surface area contributed by atoms with Crippen molar-refractivity contribution in [2.75, 3.05) is 0 Å². The van der Waals surface area contributed by atoms with Crippen molar-refractivity contribution >= 4 is 16.9 Å². The van der Waals surface area contributed by atoms with Crippen molar-refractivity contribution in [3.8, 4) is 16.9 Å². The van der Waals surface area contributed by atoms with Gasteiger partial charge < -0.3 is 20.0 Å². The summed E-state index contributed by atoms with van der Waals surface area (Å²) >= 11 is 0. The van der Waals surface area contributed by atoms with Crippen LogP contribution in [0.3, 0.4) is 0 Å². The third-order valence-electron chi connectivity index (χ3n) is 5.38. The Bertz CT molecular complexity index is 1280. The Morgan fingerprint density at radius 2 is 1.97 bits per heavy atom. The summed E-state index contributed by atoms with van der Waals surface area (Å²) in [5.74, 6) is 1.11. The topological polar surface area (TPSA) is 98.6 Å². The van der Waals surface area contributed by atoms with Crippen molar-refractivity contribution in [2.24, 2.45) is 11.7 Å². The molecule has 33 heavy (non-hydrogen) atoms. The van der Waals surface area contributed by atoms with Gasteiger partial charge in [0.1, 0.15) is 23.7 Å². The van der Waals surface area contributed by atoms with Crippen LogP contribution >= 0.6 is 0 Å². The van der Waals surface area contributed by atoms with E-state index in [0.29, 0.717) is 30.4 Å². The van der Waals surface area contributed by atoms with Crippen molar-refractivity contribution < 1.29 is 19.1 Å². The monoisotopic (exact) mass is 444 g/mol. The van der Waals surface area contributed by atoms with Gasteiger partial charge in [-0.1, -0.05) is 32.0 Å². The van der Waals surface area contributed by atoms with E-state index >= 15 is 0 Å². The maximum atomic E-state index is 11.2. The minimum atomic E-state index is -0.890. The van der Waals surface area contributed by atoms with Crippen LogP contribution in [0, 0.1) is 5.92 Å². The molecule has 4 aromatic rings. The van der Waals surface area contributed by atoms with E-state index in [0.717, 1.165) is 45.5 Å². The van der Waals surface area contributed by atoms with E-state index in [1.165, 1.54) is 0 Å². The molecule has 0 aliphatic heterocycles. The Kier molecular flexibility index (Phi) is 6.75. The van der Waals surface area contributed by atoms with Gasteiger partial charge in [0.2, 0.25) is 0 Å². The molecule has 170 valence electrons. The van der Waals surface area contributed by atoms with Crippen molar-refractivity contribution in [2.45, 2.75) is 39.8 Å². The average molecular weight is 445 g/mol. The molecule has 0 fully saturated rings. The Hall–Kier alpha value is -3.64. The van der Waals surface area contributed by atoms with E-state index < -0.39 is 5.97 Å². The first kappa shape index (κ1) is 22.6. The number of rotatable bonds is 9. The molecule has 2 aromatic carbocycles. The fraction of sp³-hybridized carbons (Fsp3) is 0.259. The van der Waals surface area contributed by atoms with Crippen molar-refractivity contribution in [1.82, 2.24) is 4.98 Å². The molecule has 4 rings (SSSR count). The predicted molar refractivity (Wildman–Crippen MR) is 128 cm³/mol. The summed E-state index contributed by atoms with van der Waals surface area (Å²) in [5, 5.41) is 10.2. The van der Waals surface area contributed by atoms with Crippen LogP contribution in [0.25, 0.3) is 22.1 Å². The number of para-hydroxylation sites is 1. The number of carboxylic acid groups (broad SMARTS) is 1. The minimum Gasteiger partial charge on any atom is -0.489 e. The molecule has 2 heterocycles. The number of benzene rings is 2. The molecular weight excluding hydrogens is 416 g/mol. The largest absolute Gasteiger partial charge is 0.489 e. The van der Waals surface area contributed by atoms with Gasteiger partial charge in [0, 0.05) is 35.7 Å². The Morgan fingerprint density at radius 3 is 2.73 bits per heavy atom. The summed E-state index contributed by atoms with van der Waals surface area (Å²) in [7, 11) is 0. The van der Waals surface area contributed by atoms with Gasteiger partial charge in [0.05, 0.1) is 12.1 Å². The predicted octanol–water partition coefficient (Wildman–Crippen LogP) is 5.36. The molecule has 0 bridgehead atoms. The van der Waals surface area contributed by atoms with Gasteiger partial charge in [0.15, 0.2) is 0 Å². The molecule has 0 aliphatic rings. The molecule has 6 nitrogen and oxygen atoms in total. The van der Waals surface area contributed by atoms with Crippen LogP contribution in [0.4, 0.5) is 0 Å². The van der Waals surface area contributed by atoms with Gasteiger partial charge in [-0.25, -0.2) is 0 Å². The van der Waals surface area contributed by atoms with E-state index in [2.05, 4.69) is 37.0 Å². The van der Waals surface area contributed by atoms with E-state index in [1.54, 1.807) is 18.3 Å². The summed E-state index contributed by atoms with van der Waals surface area (Å²) < 4.78 is 12.3. The molecule has 0 saturated heterocycles. The molecule has 2 aromatic heterocycles. The van der Waals surface area contributed by atoms with Gasteiger partial charge >= 0.3 is 5.97 Å². The van der Waals surface area contributed by atoms with Crippen LogP contribution in [-0.2, 0) is 30.8 Å². The third-order valence-corrected chi connectivity index (χ3v) is 5.38. The number of nitrogens with zero attached hydrogens (tertiary/aromatic N) is 1. The molecule has 3 N–H and O–H groups in total. The second kappa shape index (κ2) is 9.88. The lowest BCUT2D eigenvalue weighted by Crippen LogP contribution is -2.04. The second-order valence-electron chi connectivity index (χ2n) is 8.58. The normalized spacial score (nSPS) is 11.3. The zero-order chi connectivity index (χ0) is 23.4. The second-order valence-corrected chi connectivity index (χ2v) is 8.58. The summed E-state index contributed by atoms with van der Waals surface area (Å²) in [6, 6.07) is 17.4. The van der Waals surface area contributed by atoms with Crippen molar-refractivity contribution in [1.29, 1.82) is 0 Å². The minimum absolute atomic E-state index is 0.0837. The molecule has 0 radical (unpaired) electrons. The fourth-order valence-corrected chi connectivity index (χ4v) is 3.94. The highest BCUT2D eigenvalue weighted by atomic mass is 16.5. The lowest BCUT2D eigenvalue weighted by molar-refractivity contribution is -0.136. The van der Waals surface area contributed by atoms with E-state index in [1.807, 2.05) is 24.3 Å². The van der Waals surface area contributed by atoms with E-state index in [4.69, 9.17) is 14.9 Å². The number of ether oxygens (including phenoxy) is 1. The highest BCUT2D eigenvalue weighted by Gasteiger charge is 2.15. The van der Waals surface area contributed by atoms with E-state index in [-0.39, 0.29) is 6.42 Å². The third kappa shape index (κ3) is 5.41. The number of pyridine rings is 1. The Morgan fingerprint density at radius 1 is 1.15 bits per heavy atom. The van der Waals surface area contributed by atoms with E-state index in [9.17, 15) is 9.90 Å². The number of hydrogen-bond donors (Lipinski definition) is 2. The smallest absolute Gasteiger partial charge is 0.307 e. The lowest BCUT2D eigenvalue weighted by atomic mass is 10.0. The molecular formula is C27H28N2O4. The fourth-order valence-electron chi connectivity index (χ4n) is 3.94. The average Bonchev–Trinajstić information content (AvgIpc) is 3.19. The van der Waals surface area contributed by atoms with Gasteiger partial charge in [-0.2, -0.15) is 0 Å². The molecule has 6 heteroatoms. The molecule has 0 saturated carbocycles. The Labute approximate surface area is 193 Å². The number of carboxylic acids is 1. The number of fused-ring (bicyclic) bond motifs is 1. The van der Waals surface area contributed by atoms with Crippen molar-refractivity contribution in [3.63, 3.8) is 0 Å². The standard InChI is InChI=1S/C27H28N2O4/c1-17(2)9-23-13-21-10-18(16-32-25-6-4-3-5-20(25)14-26(30)31)11-24(27(21)33-23)19-7-8-29-22(12-19)15-28/h3-8,10-13,17H,9,14-16,28H2,1-2H3,(H,30,31). The molecule has 0 atom stereocenters. The lowest BCUT2D eigenvalue weighted by Gasteiger charge is -2.12. The maximum absolute atomic E-state index is 11.2. The number of aliphatic carboxylic acids is 1. The summed E-state index contributed by atoms with van der Waals surface area (Å²) in [5.41, 5.74) is 11.0. The van der Waals surface area contributed by atoms with Crippen molar-refractivity contribution in [3.05, 3.63) is 83.4 Å². The first-order valence-corrected chi connectivity index (χ1v) is 11.1. The zero-order valence-electron chi connectivity index (χ0n) is 18.9. The highest BCUT2D eigenvalue weighted by Crippen LogP contribution is 2.34. The molecule has 0 aliphatic carbocycles. The number of furan rings is 1. The van der Waals surface area contributed by atoms with Gasteiger partial charge in [-0.3, -0.25) is 9.78 Å². The van der Waals surface area contributed by atoms with Crippen LogP contribution in [0.2, 0.25) is 0 Å². The summed E-state index contributed by atoms with van der Waals surface area (Å²) in [6.45, 7) is 4.99. The Balaban J connectivity index is 1.72. The van der Waals surface area contributed by atoms with Gasteiger partial charge in [0.25, 0.3) is 0 Å². The first-order chi connectivity index (χ1) is 15.9. The SMILES string of the molecule is CC(C)Cc1cc2cc(COc3ccccc3CC(=O)O)cc(-c3ccnc(CN)c3)c2o1. The van der Waals surface area contributed by atoms with Gasteiger partial charge in [-0.05, 0) is 53.4 Å².